The summed E-state index contributed by atoms with van der Waals surface area (Å²) in [6.45, 7) is -0.0229. The molecule has 2 rings (SSSR count). The average molecular weight is 278 g/mol. The third-order valence-corrected chi connectivity index (χ3v) is 3.20. The van der Waals surface area contributed by atoms with E-state index in [0.717, 1.165) is 4.90 Å². The number of carbonyl (C=O) groups is 3. The van der Waals surface area contributed by atoms with Crippen LogP contribution in [0.3, 0.4) is 0 Å². The SMILES string of the molecule is O=C(N[C@@H]1C[C@@H](C(=O)O)N(C(=O)O)C1)c1ccccc1. The molecule has 0 bridgehead atoms. The first-order chi connectivity index (χ1) is 9.49. The smallest absolute Gasteiger partial charge is 0.408 e. The van der Waals surface area contributed by atoms with Crippen molar-refractivity contribution in [1.82, 2.24) is 10.2 Å². The summed E-state index contributed by atoms with van der Waals surface area (Å²) < 4.78 is 0. The van der Waals surface area contributed by atoms with Gasteiger partial charge in [0, 0.05) is 24.6 Å². The van der Waals surface area contributed by atoms with Crippen LogP contribution in [0.1, 0.15) is 16.8 Å². The summed E-state index contributed by atoms with van der Waals surface area (Å²) in [6, 6.07) is 6.86. The molecule has 1 aromatic carbocycles. The first-order valence-corrected chi connectivity index (χ1v) is 6.07. The van der Waals surface area contributed by atoms with E-state index < -0.39 is 24.1 Å². The van der Waals surface area contributed by atoms with Crippen LogP contribution in [0.15, 0.2) is 30.3 Å². The van der Waals surface area contributed by atoms with Crippen molar-refractivity contribution in [3.05, 3.63) is 35.9 Å². The maximum atomic E-state index is 11.9. The molecule has 1 saturated heterocycles. The van der Waals surface area contributed by atoms with Gasteiger partial charge in [0.05, 0.1) is 0 Å². The highest BCUT2D eigenvalue weighted by molar-refractivity contribution is 5.94. The molecule has 1 heterocycles. The Morgan fingerprint density at radius 2 is 1.80 bits per heavy atom. The highest BCUT2D eigenvalue weighted by Gasteiger charge is 2.40. The Bertz CT molecular complexity index is 509. The lowest BCUT2D eigenvalue weighted by Gasteiger charge is -2.16. The zero-order valence-electron chi connectivity index (χ0n) is 10.5. The zero-order valence-corrected chi connectivity index (χ0v) is 10.5. The van der Waals surface area contributed by atoms with Gasteiger partial charge >= 0.3 is 12.1 Å². The van der Waals surface area contributed by atoms with Crippen LogP contribution in [0.5, 0.6) is 0 Å². The van der Waals surface area contributed by atoms with Gasteiger partial charge in [0.15, 0.2) is 0 Å². The molecule has 1 fully saturated rings. The molecule has 106 valence electrons. The van der Waals surface area contributed by atoms with E-state index in [2.05, 4.69) is 5.32 Å². The predicted molar refractivity (Wildman–Crippen MR) is 68.5 cm³/mol. The molecule has 0 aliphatic carbocycles. The van der Waals surface area contributed by atoms with E-state index in [0.29, 0.717) is 5.56 Å². The van der Waals surface area contributed by atoms with Crippen molar-refractivity contribution >= 4 is 18.0 Å². The summed E-state index contributed by atoms with van der Waals surface area (Å²) >= 11 is 0. The predicted octanol–water partition coefficient (Wildman–Crippen LogP) is 0.622. The number of carbonyl (C=O) groups excluding carboxylic acids is 1. The van der Waals surface area contributed by atoms with Crippen LogP contribution in [-0.2, 0) is 4.79 Å². The largest absolute Gasteiger partial charge is 0.480 e. The van der Waals surface area contributed by atoms with Crippen molar-refractivity contribution in [2.45, 2.75) is 18.5 Å². The first kappa shape index (κ1) is 13.9. The van der Waals surface area contributed by atoms with Gasteiger partial charge in [-0.15, -0.1) is 0 Å². The molecule has 0 spiro atoms. The number of rotatable bonds is 3. The number of nitrogens with one attached hydrogen (secondary N) is 1. The second kappa shape index (κ2) is 5.60. The van der Waals surface area contributed by atoms with E-state index in [1.807, 2.05) is 0 Å². The number of benzene rings is 1. The molecule has 0 radical (unpaired) electrons. The molecule has 7 heteroatoms. The highest BCUT2D eigenvalue weighted by Crippen LogP contribution is 2.18. The molecule has 2 amide bonds. The van der Waals surface area contributed by atoms with Crippen molar-refractivity contribution in [1.29, 1.82) is 0 Å². The maximum Gasteiger partial charge on any atom is 0.408 e. The van der Waals surface area contributed by atoms with E-state index in [1.54, 1.807) is 30.3 Å². The summed E-state index contributed by atoms with van der Waals surface area (Å²) in [5.41, 5.74) is 0.452. The zero-order chi connectivity index (χ0) is 14.7. The van der Waals surface area contributed by atoms with Gasteiger partial charge in [0.25, 0.3) is 5.91 Å². The van der Waals surface area contributed by atoms with Crippen LogP contribution in [0, 0.1) is 0 Å². The van der Waals surface area contributed by atoms with Crippen molar-refractivity contribution in [3.8, 4) is 0 Å². The Labute approximate surface area is 114 Å². The third-order valence-electron chi connectivity index (χ3n) is 3.20. The fourth-order valence-electron chi connectivity index (χ4n) is 2.24. The Kier molecular flexibility index (Phi) is 3.88. The van der Waals surface area contributed by atoms with E-state index in [1.165, 1.54) is 0 Å². The lowest BCUT2D eigenvalue weighted by atomic mass is 10.1. The molecule has 0 unspecified atom stereocenters. The number of hydrogen-bond acceptors (Lipinski definition) is 3. The second-order valence-electron chi connectivity index (χ2n) is 4.56. The van der Waals surface area contributed by atoms with E-state index in [4.69, 9.17) is 10.2 Å². The van der Waals surface area contributed by atoms with Gasteiger partial charge in [-0.1, -0.05) is 18.2 Å². The molecule has 0 aromatic heterocycles. The lowest BCUT2D eigenvalue weighted by Crippen LogP contribution is -2.40. The van der Waals surface area contributed by atoms with Crippen LogP contribution >= 0.6 is 0 Å². The van der Waals surface area contributed by atoms with Gasteiger partial charge in [-0.2, -0.15) is 0 Å². The number of carboxylic acids is 1. The monoisotopic (exact) mass is 278 g/mol. The normalized spacial score (nSPS) is 21.5. The second-order valence-corrected chi connectivity index (χ2v) is 4.56. The van der Waals surface area contributed by atoms with Crippen molar-refractivity contribution in [2.24, 2.45) is 0 Å². The maximum absolute atomic E-state index is 11.9. The quantitative estimate of drug-likeness (QED) is 0.751. The van der Waals surface area contributed by atoms with Crippen LogP contribution in [0.2, 0.25) is 0 Å². The minimum atomic E-state index is -1.30. The average Bonchev–Trinajstić information content (AvgIpc) is 2.84. The Balaban J connectivity index is 2.03. The molecule has 1 aliphatic rings. The summed E-state index contributed by atoms with van der Waals surface area (Å²) in [5, 5.41) is 20.6. The topological polar surface area (TPSA) is 107 Å². The molecule has 2 atom stereocenters. The van der Waals surface area contributed by atoms with E-state index >= 15 is 0 Å². The summed E-state index contributed by atoms with van der Waals surface area (Å²) in [5.74, 6) is -1.55. The molecule has 3 N–H and O–H groups in total. The molecular formula is C13H14N2O5. The number of likely N-dealkylation sites (tertiary alicyclic amines) is 1. The van der Waals surface area contributed by atoms with E-state index in [9.17, 15) is 14.4 Å². The van der Waals surface area contributed by atoms with Gasteiger partial charge in [-0.05, 0) is 12.1 Å². The van der Waals surface area contributed by atoms with Crippen molar-refractivity contribution < 1.29 is 24.6 Å². The van der Waals surface area contributed by atoms with Crippen LogP contribution in [0.4, 0.5) is 4.79 Å². The minimum absolute atomic E-state index is 0.0229. The minimum Gasteiger partial charge on any atom is -0.480 e. The number of aliphatic carboxylic acids is 1. The fourth-order valence-corrected chi connectivity index (χ4v) is 2.24. The summed E-state index contributed by atoms with van der Waals surface area (Å²) in [4.78, 5) is 34.7. The van der Waals surface area contributed by atoms with Crippen LogP contribution in [0.25, 0.3) is 0 Å². The van der Waals surface area contributed by atoms with Crippen molar-refractivity contribution in [3.63, 3.8) is 0 Å². The summed E-state index contributed by atoms with van der Waals surface area (Å²) in [7, 11) is 0. The molecular weight excluding hydrogens is 264 g/mol. The highest BCUT2D eigenvalue weighted by atomic mass is 16.4. The van der Waals surface area contributed by atoms with E-state index in [-0.39, 0.29) is 18.9 Å². The Hall–Kier alpha value is -2.57. The van der Waals surface area contributed by atoms with Gasteiger partial charge in [0.1, 0.15) is 6.04 Å². The van der Waals surface area contributed by atoms with Gasteiger partial charge < -0.3 is 15.5 Å². The van der Waals surface area contributed by atoms with Crippen LogP contribution in [-0.4, -0.2) is 51.7 Å². The number of nitrogens with zero attached hydrogens (tertiary/aromatic N) is 1. The van der Waals surface area contributed by atoms with Gasteiger partial charge in [-0.25, -0.2) is 9.59 Å². The lowest BCUT2D eigenvalue weighted by molar-refractivity contribution is -0.141. The number of hydrogen-bond donors (Lipinski definition) is 3. The Morgan fingerprint density at radius 1 is 1.15 bits per heavy atom. The standard InChI is InChI=1S/C13H14N2O5/c16-11(8-4-2-1-3-5-8)14-9-6-10(12(17)18)15(7-9)13(19)20/h1-5,9-10H,6-7H2,(H,14,16)(H,17,18)(H,19,20)/t9-,10+/m1/s1. The molecule has 7 nitrogen and oxygen atoms in total. The molecule has 20 heavy (non-hydrogen) atoms. The van der Waals surface area contributed by atoms with Gasteiger partial charge in [0.2, 0.25) is 0 Å². The number of amides is 2. The first-order valence-electron chi connectivity index (χ1n) is 6.07. The number of carboxylic acid groups (broad SMARTS) is 2. The van der Waals surface area contributed by atoms with Gasteiger partial charge in [-0.3, -0.25) is 9.69 Å². The Morgan fingerprint density at radius 3 is 2.30 bits per heavy atom. The van der Waals surface area contributed by atoms with Crippen LogP contribution < -0.4 is 5.32 Å². The molecule has 1 aromatic rings. The summed E-state index contributed by atoms with van der Waals surface area (Å²) in [6.07, 6.45) is -1.23. The third kappa shape index (κ3) is 2.87. The molecule has 1 aliphatic heterocycles. The fraction of sp³-hybridized carbons (Fsp3) is 0.308. The molecule has 0 saturated carbocycles. The van der Waals surface area contributed by atoms with Crippen molar-refractivity contribution in [2.75, 3.05) is 6.54 Å².